The van der Waals surface area contributed by atoms with Crippen molar-refractivity contribution in [1.82, 2.24) is 15.0 Å². The molecule has 0 aliphatic rings. The zero-order valence-electron chi connectivity index (χ0n) is 10.8. The van der Waals surface area contributed by atoms with E-state index >= 15 is 0 Å². The molecule has 0 saturated carbocycles. The third-order valence-corrected chi connectivity index (χ3v) is 2.44. The number of hydrogen-bond donors (Lipinski definition) is 1. The minimum atomic E-state index is 0.716. The number of aryl methyl sites for hydroxylation is 1. The molecule has 2 aromatic heterocycles. The molecule has 0 aliphatic carbocycles. The Hall–Kier alpha value is -2.17. The van der Waals surface area contributed by atoms with Gasteiger partial charge in [-0.3, -0.25) is 4.98 Å². The summed E-state index contributed by atoms with van der Waals surface area (Å²) in [5.74, 6) is 2.27. The Kier molecular flexibility index (Phi) is 3.72. The highest BCUT2D eigenvalue weighted by atomic mass is 16.5. The summed E-state index contributed by atoms with van der Waals surface area (Å²) < 4.78 is 5.16. The molecule has 0 aromatic carbocycles. The Morgan fingerprint density at radius 3 is 2.78 bits per heavy atom. The van der Waals surface area contributed by atoms with E-state index in [1.807, 2.05) is 26.0 Å². The maximum absolute atomic E-state index is 5.16. The van der Waals surface area contributed by atoms with E-state index in [1.165, 1.54) is 0 Å². The molecule has 2 rings (SSSR count). The average molecular weight is 244 g/mol. The summed E-state index contributed by atoms with van der Waals surface area (Å²) >= 11 is 0. The standard InChI is InChI=1S/C13H16N4O/c1-4-15-13-6-12(16-9(2)17-13)10-5-11(18-3)8-14-7-10/h5-8H,4H2,1-3H3,(H,15,16,17). The van der Waals surface area contributed by atoms with Crippen LogP contribution in [0.5, 0.6) is 5.75 Å². The normalized spacial score (nSPS) is 10.2. The fourth-order valence-electron chi connectivity index (χ4n) is 1.66. The number of rotatable bonds is 4. The zero-order chi connectivity index (χ0) is 13.0. The molecule has 0 fully saturated rings. The van der Waals surface area contributed by atoms with Crippen molar-refractivity contribution in [3.8, 4) is 17.0 Å². The summed E-state index contributed by atoms with van der Waals surface area (Å²) in [5.41, 5.74) is 1.75. The molecule has 0 aliphatic heterocycles. The number of aromatic nitrogens is 3. The molecule has 2 heterocycles. The summed E-state index contributed by atoms with van der Waals surface area (Å²) in [7, 11) is 1.62. The fraction of sp³-hybridized carbons (Fsp3) is 0.308. The molecule has 94 valence electrons. The lowest BCUT2D eigenvalue weighted by atomic mass is 10.2. The van der Waals surface area contributed by atoms with Crippen molar-refractivity contribution in [2.24, 2.45) is 0 Å². The molecule has 2 aromatic rings. The van der Waals surface area contributed by atoms with E-state index in [1.54, 1.807) is 19.5 Å². The topological polar surface area (TPSA) is 59.9 Å². The lowest BCUT2D eigenvalue weighted by molar-refractivity contribution is 0.413. The van der Waals surface area contributed by atoms with E-state index in [2.05, 4.69) is 20.3 Å². The van der Waals surface area contributed by atoms with Crippen molar-refractivity contribution >= 4 is 5.82 Å². The number of hydrogen-bond acceptors (Lipinski definition) is 5. The maximum Gasteiger partial charge on any atom is 0.137 e. The van der Waals surface area contributed by atoms with Crippen LogP contribution in [0.25, 0.3) is 11.3 Å². The first-order valence-corrected chi connectivity index (χ1v) is 5.82. The number of pyridine rings is 1. The highest BCUT2D eigenvalue weighted by molar-refractivity contribution is 5.63. The first kappa shape index (κ1) is 12.3. The van der Waals surface area contributed by atoms with E-state index in [0.717, 1.165) is 29.4 Å². The molecule has 0 radical (unpaired) electrons. The molecule has 5 heteroatoms. The largest absolute Gasteiger partial charge is 0.495 e. The summed E-state index contributed by atoms with van der Waals surface area (Å²) in [6, 6.07) is 3.82. The number of nitrogens with one attached hydrogen (secondary N) is 1. The molecule has 18 heavy (non-hydrogen) atoms. The number of anilines is 1. The van der Waals surface area contributed by atoms with Gasteiger partial charge in [0.2, 0.25) is 0 Å². The number of ether oxygens (including phenoxy) is 1. The van der Waals surface area contributed by atoms with Crippen LogP contribution in [-0.4, -0.2) is 28.6 Å². The molecule has 0 amide bonds. The summed E-state index contributed by atoms with van der Waals surface area (Å²) in [6.45, 7) is 4.73. The van der Waals surface area contributed by atoms with E-state index in [-0.39, 0.29) is 0 Å². The molecule has 0 atom stereocenters. The monoisotopic (exact) mass is 244 g/mol. The minimum Gasteiger partial charge on any atom is -0.495 e. The molecular formula is C13H16N4O. The van der Waals surface area contributed by atoms with Gasteiger partial charge in [-0.25, -0.2) is 9.97 Å². The van der Waals surface area contributed by atoms with Gasteiger partial charge in [0.15, 0.2) is 0 Å². The molecular weight excluding hydrogens is 228 g/mol. The molecule has 5 nitrogen and oxygen atoms in total. The summed E-state index contributed by atoms with van der Waals surface area (Å²) in [6.07, 6.45) is 3.43. The van der Waals surface area contributed by atoms with Crippen LogP contribution in [0.1, 0.15) is 12.7 Å². The highest BCUT2D eigenvalue weighted by Crippen LogP contribution is 2.22. The molecule has 0 saturated heterocycles. The predicted octanol–water partition coefficient (Wildman–Crippen LogP) is 2.29. The highest BCUT2D eigenvalue weighted by Gasteiger charge is 2.05. The van der Waals surface area contributed by atoms with E-state index in [4.69, 9.17) is 4.74 Å². The Labute approximate surface area is 106 Å². The first-order valence-electron chi connectivity index (χ1n) is 5.82. The van der Waals surface area contributed by atoms with Gasteiger partial charge < -0.3 is 10.1 Å². The minimum absolute atomic E-state index is 0.716. The van der Waals surface area contributed by atoms with Gasteiger partial charge >= 0.3 is 0 Å². The second-order valence-corrected chi connectivity index (χ2v) is 3.83. The van der Waals surface area contributed by atoms with Crippen LogP contribution in [0, 0.1) is 6.92 Å². The van der Waals surface area contributed by atoms with Crippen molar-refractivity contribution in [1.29, 1.82) is 0 Å². The average Bonchev–Trinajstić information content (AvgIpc) is 2.38. The van der Waals surface area contributed by atoms with Crippen LogP contribution in [0.4, 0.5) is 5.82 Å². The summed E-state index contributed by atoms with van der Waals surface area (Å²) in [4.78, 5) is 12.9. The Balaban J connectivity index is 2.42. The number of methoxy groups -OCH3 is 1. The van der Waals surface area contributed by atoms with Crippen LogP contribution in [0.2, 0.25) is 0 Å². The first-order chi connectivity index (χ1) is 8.72. The van der Waals surface area contributed by atoms with Gasteiger partial charge in [-0.05, 0) is 19.9 Å². The second-order valence-electron chi connectivity index (χ2n) is 3.83. The molecule has 0 spiro atoms. The van der Waals surface area contributed by atoms with Crippen LogP contribution in [0.3, 0.4) is 0 Å². The quantitative estimate of drug-likeness (QED) is 0.894. The molecule has 0 bridgehead atoms. The Morgan fingerprint density at radius 2 is 2.06 bits per heavy atom. The van der Waals surface area contributed by atoms with Crippen molar-refractivity contribution < 1.29 is 4.74 Å². The van der Waals surface area contributed by atoms with Gasteiger partial charge in [0.05, 0.1) is 19.0 Å². The lowest BCUT2D eigenvalue weighted by Gasteiger charge is -2.07. The molecule has 0 unspecified atom stereocenters. The number of nitrogens with zero attached hydrogens (tertiary/aromatic N) is 3. The van der Waals surface area contributed by atoms with Gasteiger partial charge in [-0.15, -0.1) is 0 Å². The third-order valence-electron chi connectivity index (χ3n) is 2.44. The van der Waals surface area contributed by atoms with Gasteiger partial charge in [0, 0.05) is 24.4 Å². The van der Waals surface area contributed by atoms with Crippen molar-refractivity contribution in [2.45, 2.75) is 13.8 Å². The predicted molar refractivity (Wildman–Crippen MR) is 70.7 cm³/mol. The van der Waals surface area contributed by atoms with Gasteiger partial charge in [-0.2, -0.15) is 0 Å². The van der Waals surface area contributed by atoms with Crippen LogP contribution in [-0.2, 0) is 0 Å². The van der Waals surface area contributed by atoms with E-state index in [9.17, 15) is 0 Å². The van der Waals surface area contributed by atoms with Gasteiger partial charge in [-0.1, -0.05) is 0 Å². The molecule has 1 N–H and O–H groups in total. The van der Waals surface area contributed by atoms with Crippen LogP contribution >= 0.6 is 0 Å². The zero-order valence-corrected chi connectivity index (χ0v) is 10.8. The van der Waals surface area contributed by atoms with Gasteiger partial charge in [0.1, 0.15) is 17.4 Å². The Bertz CT molecular complexity index is 542. The van der Waals surface area contributed by atoms with Crippen LogP contribution in [0.15, 0.2) is 24.5 Å². The van der Waals surface area contributed by atoms with Crippen molar-refractivity contribution in [2.75, 3.05) is 19.0 Å². The van der Waals surface area contributed by atoms with Gasteiger partial charge in [0.25, 0.3) is 0 Å². The SMILES string of the molecule is CCNc1cc(-c2cncc(OC)c2)nc(C)n1. The third kappa shape index (κ3) is 2.74. The van der Waals surface area contributed by atoms with Crippen LogP contribution < -0.4 is 10.1 Å². The summed E-state index contributed by atoms with van der Waals surface area (Å²) in [5, 5.41) is 3.18. The second kappa shape index (κ2) is 5.44. The van der Waals surface area contributed by atoms with Crippen molar-refractivity contribution in [3.63, 3.8) is 0 Å². The lowest BCUT2D eigenvalue weighted by Crippen LogP contribution is -2.02. The Morgan fingerprint density at radius 1 is 1.22 bits per heavy atom. The van der Waals surface area contributed by atoms with E-state index < -0.39 is 0 Å². The maximum atomic E-state index is 5.16. The van der Waals surface area contributed by atoms with E-state index in [0.29, 0.717) is 5.75 Å². The van der Waals surface area contributed by atoms with Crippen molar-refractivity contribution in [3.05, 3.63) is 30.4 Å². The fourth-order valence-corrected chi connectivity index (χ4v) is 1.66. The smallest absolute Gasteiger partial charge is 0.137 e.